The number of benzene rings is 2. The lowest BCUT2D eigenvalue weighted by molar-refractivity contribution is -0.127. The van der Waals surface area contributed by atoms with Crippen molar-refractivity contribution in [3.63, 3.8) is 0 Å². The Morgan fingerprint density at radius 1 is 1.11 bits per heavy atom. The lowest BCUT2D eigenvalue weighted by Crippen LogP contribution is -2.51. The second-order valence-corrected chi connectivity index (χ2v) is 10.1. The number of carbonyl (C=O) groups is 1. The number of hydrazone groups is 1. The Kier molecular flexibility index (Phi) is 6.00. The number of amides is 1. The van der Waals surface area contributed by atoms with E-state index in [1.54, 1.807) is 6.34 Å². The number of nitrogens with two attached hydrogens (primary N) is 1. The van der Waals surface area contributed by atoms with Gasteiger partial charge in [-0.25, -0.2) is 9.98 Å². The number of para-hydroxylation sites is 1. The molecule has 1 amide bonds. The maximum absolute atomic E-state index is 12.0. The summed E-state index contributed by atoms with van der Waals surface area (Å²) in [6, 6.07) is 17.8. The van der Waals surface area contributed by atoms with E-state index in [9.17, 15) is 4.79 Å². The van der Waals surface area contributed by atoms with E-state index in [1.165, 1.54) is 6.08 Å². The van der Waals surface area contributed by atoms with E-state index in [2.05, 4.69) is 21.9 Å². The fourth-order valence-corrected chi connectivity index (χ4v) is 5.87. The Hall–Kier alpha value is -3.98. The molecule has 0 aliphatic carbocycles. The molecule has 3 N–H and O–H groups in total. The molecule has 2 fully saturated rings. The van der Waals surface area contributed by atoms with Crippen LogP contribution in [0.4, 0.5) is 0 Å². The molecule has 4 aliphatic heterocycles. The van der Waals surface area contributed by atoms with E-state index in [4.69, 9.17) is 20.6 Å². The Bertz CT molecular complexity index is 1260. The van der Waals surface area contributed by atoms with Gasteiger partial charge < -0.3 is 20.7 Å². The minimum absolute atomic E-state index is 0.00479. The van der Waals surface area contributed by atoms with Crippen molar-refractivity contribution in [2.45, 2.75) is 37.0 Å². The summed E-state index contributed by atoms with van der Waals surface area (Å²) in [6.07, 6.45) is 5.51. The molecule has 4 heterocycles. The molecule has 6 rings (SSSR count). The minimum atomic E-state index is -0.211. The van der Waals surface area contributed by atoms with Gasteiger partial charge in [0.2, 0.25) is 5.91 Å². The van der Waals surface area contributed by atoms with Crippen LogP contribution in [0, 0.1) is 5.92 Å². The molecule has 37 heavy (non-hydrogen) atoms. The van der Waals surface area contributed by atoms with Gasteiger partial charge in [-0.05, 0) is 67.3 Å². The van der Waals surface area contributed by atoms with Crippen molar-refractivity contribution in [1.82, 2.24) is 15.2 Å². The van der Waals surface area contributed by atoms with Crippen LogP contribution in [-0.2, 0) is 4.79 Å². The molecule has 3 atom stereocenters. The van der Waals surface area contributed by atoms with Gasteiger partial charge in [0.05, 0.1) is 11.8 Å². The highest BCUT2D eigenvalue weighted by Crippen LogP contribution is 2.38. The van der Waals surface area contributed by atoms with Crippen LogP contribution in [0.2, 0.25) is 0 Å². The quantitative estimate of drug-likeness (QED) is 0.618. The first-order valence-corrected chi connectivity index (χ1v) is 12.8. The zero-order valence-corrected chi connectivity index (χ0v) is 20.7. The summed E-state index contributed by atoms with van der Waals surface area (Å²) in [6.45, 7) is 5.90. The molecule has 0 radical (unpaired) electrons. The Labute approximate surface area is 216 Å². The lowest BCUT2D eigenvalue weighted by atomic mass is 9.85. The summed E-state index contributed by atoms with van der Waals surface area (Å²) >= 11 is 0. The molecule has 4 aliphatic rings. The van der Waals surface area contributed by atoms with Crippen LogP contribution in [0.5, 0.6) is 11.5 Å². The normalized spacial score (nSPS) is 26.0. The Balaban J connectivity index is 1.21. The number of nitrogens with one attached hydrogen (secondary N) is 1. The average molecular weight is 498 g/mol. The summed E-state index contributed by atoms with van der Waals surface area (Å²) in [4.78, 5) is 22.9. The van der Waals surface area contributed by atoms with E-state index >= 15 is 0 Å². The molecule has 0 aromatic heterocycles. The van der Waals surface area contributed by atoms with Crippen molar-refractivity contribution in [2.75, 3.05) is 19.6 Å². The number of carbonyl (C=O) groups excluding carboxylic acids is 1. The zero-order valence-electron chi connectivity index (χ0n) is 20.7. The standard InChI is InChI=1S/C28H31N7O2/c1-2-23(36)34-14-12-28(13-15-34)16-20(17-32-28)35-27-24(26(29)30-18-31-27)25(33-35)19-8-10-22(11-9-19)37-21-6-4-3-5-7-21/h2-11,18,20,24,27,32H,1,12-17H2,(H2,29,30,31). The number of likely N-dealkylation sites (tertiary alicyclic amines) is 1. The second-order valence-electron chi connectivity index (χ2n) is 10.1. The summed E-state index contributed by atoms with van der Waals surface area (Å²) < 4.78 is 5.96. The lowest BCUT2D eigenvalue weighted by Gasteiger charge is -2.39. The first-order chi connectivity index (χ1) is 18.0. The molecular formula is C28H31N7O2. The van der Waals surface area contributed by atoms with Gasteiger partial charge in [-0.2, -0.15) is 5.10 Å². The minimum Gasteiger partial charge on any atom is -0.457 e. The largest absolute Gasteiger partial charge is 0.457 e. The fraction of sp³-hybridized carbons (Fsp3) is 0.357. The predicted molar refractivity (Wildman–Crippen MR) is 144 cm³/mol. The van der Waals surface area contributed by atoms with Gasteiger partial charge in [-0.3, -0.25) is 9.80 Å². The van der Waals surface area contributed by atoms with Gasteiger partial charge in [0.15, 0.2) is 6.17 Å². The van der Waals surface area contributed by atoms with Crippen LogP contribution < -0.4 is 15.8 Å². The molecule has 2 saturated heterocycles. The first-order valence-electron chi connectivity index (χ1n) is 12.8. The number of piperidine rings is 1. The number of aliphatic imine (C=N–C) groups is 2. The summed E-state index contributed by atoms with van der Waals surface area (Å²) in [5.74, 6) is 1.89. The second kappa shape index (κ2) is 9.48. The molecule has 1 spiro atoms. The smallest absolute Gasteiger partial charge is 0.245 e. The highest BCUT2D eigenvalue weighted by atomic mass is 16.5. The summed E-state index contributed by atoms with van der Waals surface area (Å²) in [7, 11) is 0. The van der Waals surface area contributed by atoms with Crippen molar-refractivity contribution in [3.05, 3.63) is 72.8 Å². The molecular weight excluding hydrogens is 466 g/mol. The van der Waals surface area contributed by atoms with E-state index in [1.807, 2.05) is 59.5 Å². The number of hydrogen-bond donors (Lipinski definition) is 2. The third kappa shape index (κ3) is 4.40. The summed E-state index contributed by atoms with van der Waals surface area (Å²) in [5.41, 5.74) is 8.26. The molecule has 0 saturated carbocycles. The average Bonchev–Trinajstić information content (AvgIpc) is 3.52. The van der Waals surface area contributed by atoms with Crippen molar-refractivity contribution in [3.8, 4) is 11.5 Å². The molecule has 9 heteroatoms. The van der Waals surface area contributed by atoms with Crippen LogP contribution >= 0.6 is 0 Å². The monoisotopic (exact) mass is 497 g/mol. The SMILES string of the molecule is C=CC(=O)N1CCC2(CC1)CC(N1N=C(c3ccc(Oc4ccccc4)cc3)C3C(N)=NC=NC31)CN2. The number of rotatable bonds is 5. The molecule has 2 aromatic rings. The molecule has 9 nitrogen and oxygen atoms in total. The van der Waals surface area contributed by atoms with Crippen LogP contribution in [0.25, 0.3) is 0 Å². The van der Waals surface area contributed by atoms with Crippen molar-refractivity contribution >= 4 is 23.8 Å². The summed E-state index contributed by atoms with van der Waals surface area (Å²) in [5, 5.41) is 11.0. The van der Waals surface area contributed by atoms with E-state index in [0.29, 0.717) is 5.84 Å². The van der Waals surface area contributed by atoms with Gasteiger partial charge in [-0.15, -0.1) is 0 Å². The molecule has 0 bridgehead atoms. The number of fused-ring (bicyclic) bond motifs is 1. The Morgan fingerprint density at radius 3 is 2.57 bits per heavy atom. The van der Waals surface area contributed by atoms with Crippen LogP contribution in [-0.4, -0.2) is 71.1 Å². The van der Waals surface area contributed by atoms with Gasteiger partial charge in [-0.1, -0.05) is 24.8 Å². The van der Waals surface area contributed by atoms with Crippen LogP contribution in [0.3, 0.4) is 0 Å². The number of nitrogens with zero attached hydrogens (tertiary/aromatic N) is 5. The van der Waals surface area contributed by atoms with Crippen LogP contribution in [0.1, 0.15) is 24.8 Å². The highest BCUT2D eigenvalue weighted by Gasteiger charge is 2.49. The van der Waals surface area contributed by atoms with E-state index < -0.39 is 0 Å². The molecule has 2 aromatic carbocycles. The van der Waals surface area contributed by atoms with Gasteiger partial charge in [0.1, 0.15) is 29.6 Å². The number of ether oxygens (including phenoxy) is 1. The first kappa shape index (κ1) is 23.4. The van der Waals surface area contributed by atoms with Crippen LogP contribution in [0.15, 0.2) is 82.3 Å². The maximum Gasteiger partial charge on any atom is 0.245 e. The maximum atomic E-state index is 12.0. The highest BCUT2D eigenvalue weighted by molar-refractivity contribution is 6.17. The molecule has 190 valence electrons. The fourth-order valence-electron chi connectivity index (χ4n) is 5.87. The third-order valence-corrected chi connectivity index (χ3v) is 7.88. The van der Waals surface area contributed by atoms with E-state index in [-0.39, 0.29) is 29.6 Å². The van der Waals surface area contributed by atoms with Gasteiger partial charge in [0, 0.05) is 25.2 Å². The predicted octanol–water partition coefficient (Wildman–Crippen LogP) is 2.75. The number of amidine groups is 1. The zero-order chi connectivity index (χ0) is 25.4. The van der Waals surface area contributed by atoms with Gasteiger partial charge >= 0.3 is 0 Å². The third-order valence-electron chi connectivity index (χ3n) is 7.88. The van der Waals surface area contributed by atoms with E-state index in [0.717, 1.165) is 61.7 Å². The number of hydrogen-bond acceptors (Lipinski definition) is 8. The van der Waals surface area contributed by atoms with Crippen molar-refractivity contribution in [2.24, 2.45) is 26.7 Å². The van der Waals surface area contributed by atoms with Crippen molar-refractivity contribution in [1.29, 1.82) is 0 Å². The Morgan fingerprint density at radius 2 is 1.84 bits per heavy atom. The topological polar surface area (TPSA) is 108 Å². The molecule has 3 unspecified atom stereocenters. The van der Waals surface area contributed by atoms with Gasteiger partial charge in [0.25, 0.3) is 0 Å². The van der Waals surface area contributed by atoms with Crippen molar-refractivity contribution < 1.29 is 9.53 Å².